The van der Waals surface area contributed by atoms with Gasteiger partial charge in [0.05, 0.1) is 19.3 Å². The molecule has 2 aliphatic rings. The number of hydrogen-bond acceptors (Lipinski definition) is 5. The number of likely N-dealkylation sites (tertiary alicyclic amines) is 1. The molecule has 0 spiro atoms. The van der Waals surface area contributed by atoms with E-state index in [0.29, 0.717) is 28.3 Å². The van der Waals surface area contributed by atoms with Gasteiger partial charge in [0.1, 0.15) is 11.6 Å². The molecule has 0 bridgehead atoms. The maximum atomic E-state index is 14.6. The van der Waals surface area contributed by atoms with Crippen LogP contribution < -0.4 is 4.74 Å². The summed E-state index contributed by atoms with van der Waals surface area (Å²) in [5.74, 6) is -0.386. The number of rotatable bonds is 7. The smallest absolute Gasteiger partial charge is 0.340 e. The monoisotopic (exact) mass is 569 g/mol. The zero-order valence-electron chi connectivity index (χ0n) is 22.7. The highest BCUT2D eigenvalue weighted by molar-refractivity contribution is 6.34. The first-order valence-corrected chi connectivity index (χ1v) is 13.7. The number of carbonyl (C=O) groups is 2. The topological polar surface area (TPSA) is 76.1 Å². The van der Waals surface area contributed by atoms with Gasteiger partial charge in [-0.1, -0.05) is 44.0 Å². The van der Waals surface area contributed by atoms with E-state index in [1.807, 2.05) is 26.0 Å². The van der Waals surface area contributed by atoms with Crippen molar-refractivity contribution in [3.8, 4) is 5.75 Å². The van der Waals surface area contributed by atoms with Crippen LogP contribution in [0, 0.1) is 11.2 Å². The van der Waals surface area contributed by atoms with Crippen LogP contribution in [-0.4, -0.2) is 49.3 Å². The number of esters is 1. The predicted molar refractivity (Wildman–Crippen MR) is 149 cm³/mol. The number of piperidine rings is 1. The highest BCUT2D eigenvalue weighted by Gasteiger charge is 2.34. The van der Waals surface area contributed by atoms with Gasteiger partial charge >= 0.3 is 5.97 Å². The van der Waals surface area contributed by atoms with Gasteiger partial charge in [-0.15, -0.1) is 0 Å². The molecule has 1 aliphatic carbocycles. The Morgan fingerprint density at radius 2 is 1.71 bits per heavy atom. The van der Waals surface area contributed by atoms with E-state index in [2.05, 4.69) is 18.7 Å². The molecule has 2 aromatic rings. The number of nitrogens with zero attached hydrogens (tertiary/aromatic N) is 1. The molecule has 9 heteroatoms. The van der Waals surface area contributed by atoms with Gasteiger partial charge in [0.2, 0.25) is 0 Å². The van der Waals surface area contributed by atoms with E-state index < -0.39 is 11.8 Å². The van der Waals surface area contributed by atoms with Crippen molar-refractivity contribution in [3.63, 3.8) is 0 Å². The van der Waals surface area contributed by atoms with Crippen LogP contribution in [0.15, 0.2) is 30.3 Å². The maximum absolute atomic E-state index is 14.6. The molecule has 0 amide bonds. The molecule has 2 aromatic carbocycles. The molecule has 0 radical (unpaired) electrons. The zero-order valence-corrected chi connectivity index (χ0v) is 24.2. The average molecular weight is 571 g/mol. The number of hydrogen-bond donors (Lipinski definition) is 1. The first-order chi connectivity index (χ1) is 18.1. The van der Waals surface area contributed by atoms with E-state index in [0.717, 1.165) is 49.9 Å². The number of benzene rings is 2. The molecule has 38 heavy (non-hydrogen) atoms. The molecule has 6 nitrogen and oxygen atoms in total. The van der Waals surface area contributed by atoms with Gasteiger partial charge < -0.3 is 14.6 Å². The van der Waals surface area contributed by atoms with Crippen molar-refractivity contribution in [2.24, 2.45) is 5.41 Å². The molecule has 1 heterocycles. The molecule has 4 rings (SSSR count). The minimum atomic E-state index is -0.657. The fourth-order valence-corrected chi connectivity index (χ4v) is 5.09. The van der Waals surface area contributed by atoms with E-state index in [9.17, 15) is 9.18 Å². The molecule has 1 aliphatic heterocycles. The average Bonchev–Trinajstić information content (AvgIpc) is 3.74. The maximum Gasteiger partial charge on any atom is 0.340 e. The number of ether oxygens (including phenoxy) is 2. The lowest BCUT2D eigenvalue weighted by Gasteiger charge is -2.42. The summed E-state index contributed by atoms with van der Waals surface area (Å²) in [6, 6.07) is 8.87. The highest BCUT2D eigenvalue weighted by atomic mass is 35.5. The van der Waals surface area contributed by atoms with Crippen LogP contribution in [0.5, 0.6) is 5.75 Å². The van der Waals surface area contributed by atoms with Crippen molar-refractivity contribution < 1.29 is 28.6 Å². The summed E-state index contributed by atoms with van der Waals surface area (Å²) in [7, 11) is 1.26. The zero-order chi connectivity index (χ0) is 28.5. The molecule has 1 unspecified atom stereocenters. The molecule has 1 saturated carbocycles. The summed E-state index contributed by atoms with van der Waals surface area (Å²) in [4.78, 5) is 22.7. The Hall–Kier alpha value is -2.35. The van der Waals surface area contributed by atoms with Crippen molar-refractivity contribution in [2.45, 2.75) is 65.3 Å². The van der Waals surface area contributed by atoms with Gasteiger partial charge in [-0.25, -0.2) is 9.18 Å². The SMILES string of the molecule is CC.COC(=O)c1cc(C2CC2)c(OCC2(C)CCN(C(C)c3cc(Cl)cc(Cl)c3)CC2)cc1F.O=CO. The predicted octanol–water partition coefficient (Wildman–Crippen LogP) is 7.77. The Balaban J connectivity index is 0.000000947. The van der Waals surface area contributed by atoms with Crippen molar-refractivity contribution in [1.29, 1.82) is 0 Å². The standard InChI is InChI=1S/C26H30Cl2FNO3.C2H6.CH2O2/c1-16(18-10-19(27)12-20(28)11-18)30-8-6-26(2,7-9-30)15-33-24-14-23(29)22(25(31)32-3)13-21(24)17-4-5-17;1-2;2-1-3/h10-14,16-17H,4-9,15H2,1-3H3;1-2H3;1H,(H,2,3). The van der Waals surface area contributed by atoms with E-state index in [4.69, 9.17) is 42.6 Å². The van der Waals surface area contributed by atoms with Gasteiger partial charge in [-0.3, -0.25) is 9.69 Å². The summed E-state index contributed by atoms with van der Waals surface area (Å²) >= 11 is 12.4. The fraction of sp³-hybridized carbons (Fsp3) is 0.517. The molecular formula is C29H38Cl2FNO5. The summed E-state index contributed by atoms with van der Waals surface area (Å²) in [5, 5.41) is 8.19. The van der Waals surface area contributed by atoms with Crippen LogP contribution in [0.25, 0.3) is 0 Å². The largest absolute Gasteiger partial charge is 0.493 e. The summed E-state index contributed by atoms with van der Waals surface area (Å²) in [6.07, 6.45) is 3.99. The minimum absolute atomic E-state index is 0.0134. The quantitative estimate of drug-likeness (QED) is 0.271. The Morgan fingerprint density at radius 1 is 1.16 bits per heavy atom. The van der Waals surface area contributed by atoms with Gasteiger partial charge in [0.15, 0.2) is 0 Å². The first kappa shape index (κ1) is 31.9. The van der Waals surface area contributed by atoms with E-state index in [1.54, 1.807) is 12.1 Å². The normalized spacial score (nSPS) is 17.2. The third-order valence-corrected chi connectivity index (χ3v) is 7.45. The molecule has 1 saturated heterocycles. The van der Waals surface area contributed by atoms with Crippen LogP contribution in [0.4, 0.5) is 4.39 Å². The lowest BCUT2D eigenvalue weighted by atomic mass is 9.80. The van der Waals surface area contributed by atoms with Crippen LogP contribution in [0.3, 0.4) is 0 Å². The fourth-order valence-electron chi connectivity index (χ4n) is 4.55. The van der Waals surface area contributed by atoms with Crippen LogP contribution in [0.1, 0.15) is 86.8 Å². The van der Waals surface area contributed by atoms with Gasteiger partial charge in [-0.2, -0.15) is 0 Å². The molecule has 0 aromatic heterocycles. The first-order valence-electron chi connectivity index (χ1n) is 12.9. The molecule has 210 valence electrons. The number of carbonyl (C=O) groups excluding carboxylic acids is 1. The second kappa shape index (κ2) is 14.7. The Labute approximate surface area is 235 Å². The van der Waals surface area contributed by atoms with Crippen LogP contribution in [-0.2, 0) is 9.53 Å². The molecule has 1 atom stereocenters. The van der Waals surface area contributed by atoms with Gasteiger partial charge in [-0.05, 0) is 87.0 Å². The third-order valence-electron chi connectivity index (χ3n) is 7.02. The number of carboxylic acid groups (broad SMARTS) is 1. The van der Waals surface area contributed by atoms with Crippen molar-refractivity contribution in [3.05, 3.63) is 62.9 Å². The second-order valence-corrected chi connectivity index (χ2v) is 10.6. The van der Waals surface area contributed by atoms with Crippen LogP contribution in [0.2, 0.25) is 10.0 Å². The van der Waals surface area contributed by atoms with Crippen LogP contribution >= 0.6 is 23.2 Å². The summed E-state index contributed by atoms with van der Waals surface area (Å²) in [6.45, 7) is 10.5. The Bertz CT molecular complexity index is 1060. The van der Waals surface area contributed by atoms with Gasteiger partial charge in [0, 0.05) is 27.6 Å². The highest BCUT2D eigenvalue weighted by Crippen LogP contribution is 2.46. The second-order valence-electron chi connectivity index (χ2n) is 9.76. The van der Waals surface area contributed by atoms with Crippen molar-refractivity contribution in [2.75, 3.05) is 26.8 Å². The Kier molecular flexibility index (Phi) is 12.3. The minimum Gasteiger partial charge on any atom is -0.493 e. The van der Waals surface area contributed by atoms with E-state index in [-0.39, 0.29) is 23.5 Å². The number of halogens is 3. The van der Waals surface area contributed by atoms with Gasteiger partial charge in [0.25, 0.3) is 6.47 Å². The number of methoxy groups -OCH3 is 1. The Morgan fingerprint density at radius 3 is 2.21 bits per heavy atom. The lowest BCUT2D eigenvalue weighted by Crippen LogP contribution is -2.42. The van der Waals surface area contributed by atoms with E-state index in [1.165, 1.54) is 13.2 Å². The summed E-state index contributed by atoms with van der Waals surface area (Å²) in [5.41, 5.74) is 1.98. The molecular weight excluding hydrogens is 532 g/mol. The van der Waals surface area contributed by atoms with Crippen molar-refractivity contribution in [1.82, 2.24) is 4.90 Å². The van der Waals surface area contributed by atoms with Crippen molar-refractivity contribution >= 4 is 35.6 Å². The van der Waals surface area contributed by atoms with E-state index >= 15 is 0 Å². The lowest BCUT2D eigenvalue weighted by molar-refractivity contribution is -0.122. The third kappa shape index (κ3) is 8.58. The molecule has 1 N–H and O–H groups in total. The molecule has 2 fully saturated rings. The summed E-state index contributed by atoms with van der Waals surface area (Å²) < 4.78 is 25.5.